The summed E-state index contributed by atoms with van der Waals surface area (Å²) >= 11 is 12.0. The quantitative estimate of drug-likeness (QED) is 0.856. The lowest BCUT2D eigenvalue weighted by Crippen LogP contribution is -2.19. The molecule has 0 aliphatic carbocycles. The van der Waals surface area contributed by atoms with E-state index in [4.69, 9.17) is 23.2 Å². The third kappa shape index (κ3) is 2.30. The van der Waals surface area contributed by atoms with Crippen molar-refractivity contribution in [1.82, 2.24) is 9.78 Å². The number of aryl methyl sites for hydroxylation is 1. The minimum Gasteiger partial charge on any atom is -0.275 e. The minimum atomic E-state index is -0.131. The van der Waals surface area contributed by atoms with Crippen LogP contribution < -0.4 is 5.01 Å². The summed E-state index contributed by atoms with van der Waals surface area (Å²) in [5, 5.41) is 10.6. The second-order valence-electron chi connectivity index (χ2n) is 4.43. The maximum absolute atomic E-state index is 12.1. The zero-order chi connectivity index (χ0) is 14.3. The zero-order valence-electron chi connectivity index (χ0n) is 10.5. The average molecular weight is 309 g/mol. The fraction of sp³-hybridized carbons (Fsp3) is 0.154. The SMILES string of the molecule is Cn1cc(C2=NN(c3ccc(Cl)cc3Cl)C(=O)C2)cn1. The molecule has 1 aromatic carbocycles. The lowest BCUT2D eigenvalue weighted by atomic mass is 10.1. The van der Waals surface area contributed by atoms with Crippen LogP contribution in [-0.4, -0.2) is 21.4 Å². The van der Waals surface area contributed by atoms with Crippen molar-refractivity contribution in [3.8, 4) is 0 Å². The van der Waals surface area contributed by atoms with Crippen molar-refractivity contribution in [2.75, 3.05) is 5.01 Å². The Hall–Kier alpha value is -1.85. The number of amides is 1. The Kier molecular flexibility index (Phi) is 3.23. The number of nitrogens with zero attached hydrogens (tertiary/aromatic N) is 4. The van der Waals surface area contributed by atoms with E-state index in [1.807, 2.05) is 13.2 Å². The van der Waals surface area contributed by atoms with Crippen LogP contribution in [0.5, 0.6) is 0 Å². The Morgan fingerprint density at radius 3 is 2.75 bits per heavy atom. The average Bonchev–Trinajstić information content (AvgIpc) is 2.96. The summed E-state index contributed by atoms with van der Waals surface area (Å²) in [5.41, 5.74) is 2.03. The van der Waals surface area contributed by atoms with Crippen molar-refractivity contribution < 1.29 is 4.79 Å². The molecule has 0 saturated carbocycles. The third-order valence-corrected chi connectivity index (χ3v) is 3.49. The summed E-state index contributed by atoms with van der Waals surface area (Å²) in [7, 11) is 1.81. The molecule has 2 heterocycles. The molecule has 3 rings (SSSR count). The van der Waals surface area contributed by atoms with Crippen LogP contribution >= 0.6 is 23.2 Å². The number of hydrogen-bond acceptors (Lipinski definition) is 3. The first-order valence-electron chi connectivity index (χ1n) is 5.89. The van der Waals surface area contributed by atoms with E-state index in [1.54, 1.807) is 29.1 Å². The Balaban J connectivity index is 1.98. The number of anilines is 1. The number of carbonyl (C=O) groups is 1. The van der Waals surface area contributed by atoms with Crippen molar-refractivity contribution in [3.63, 3.8) is 0 Å². The van der Waals surface area contributed by atoms with E-state index >= 15 is 0 Å². The van der Waals surface area contributed by atoms with Crippen LogP contribution in [0.3, 0.4) is 0 Å². The number of hydrogen-bond donors (Lipinski definition) is 0. The van der Waals surface area contributed by atoms with Crippen molar-refractivity contribution in [3.05, 3.63) is 46.2 Å². The molecule has 0 fully saturated rings. The van der Waals surface area contributed by atoms with E-state index in [0.29, 0.717) is 21.4 Å². The molecule has 102 valence electrons. The Labute approximate surface area is 125 Å². The van der Waals surface area contributed by atoms with Crippen LogP contribution in [0.4, 0.5) is 5.69 Å². The number of rotatable bonds is 2. The topological polar surface area (TPSA) is 50.5 Å². The van der Waals surface area contributed by atoms with Crippen molar-refractivity contribution in [1.29, 1.82) is 0 Å². The van der Waals surface area contributed by atoms with E-state index in [9.17, 15) is 4.79 Å². The monoisotopic (exact) mass is 308 g/mol. The molecule has 20 heavy (non-hydrogen) atoms. The van der Waals surface area contributed by atoms with E-state index in [-0.39, 0.29) is 12.3 Å². The normalized spacial score (nSPS) is 14.8. The fourth-order valence-electron chi connectivity index (χ4n) is 2.00. The van der Waals surface area contributed by atoms with Crippen LogP contribution in [0.2, 0.25) is 10.0 Å². The summed E-state index contributed by atoms with van der Waals surface area (Å²) in [6, 6.07) is 4.94. The molecule has 1 aliphatic rings. The van der Waals surface area contributed by atoms with Crippen LogP contribution in [0.25, 0.3) is 0 Å². The van der Waals surface area contributed by atoms with Gasteiger partial charge in [0.2, 0.25) is 0 Å². The van der Waals surface area contributed by atoms with Gasteiger partial charge in [0.1, 0.15) is 0 Å². The molecule has 1 aromatic heterocycles. The molecule has 0 saturated heterocycles. The van der Waals surface area contributed by atoms with Crippen LogP contribution in [-0.2, 0) is 11.8 Å². The van der Waals surface area contributed by atoms with Gasteiger partial charge >= 0.3 is 0 Å². The van der Waals surface area contributed by atoms with Gasteiger partial charge in [0.05, 0.1) is 29.0 Å². The summed E-state index contributed by atoms with van der Waals surface area (Å²) in [6.07, 6.45) is 3.73. The molecule has 0 radical (unpaired) electrons. The number of hydrazone groups is 1. The van der Waals surface area contributed by atoms with Gasteiger partial charge in [-0.1, -0.05) is 23.2 Å². The second kappa shape index (κ2) is 4.92. The van der Waals surface area contributed by atoms with E-state index in [1.165, 1.54) is 5.01 Å². The molecule has 0 atom stereocenters. The predicted octanol–water partition coefficient (Wildman–Crippen LogP) is 2.87. The van der Waals surface area contributed by atoms with Gasteiger partial charge in [-0.25, -0.2) is 0 Å². The summed E-state index contributed by atoms with van der Waals surface area (Å²) in [4.78, 5) is 12.1. The van der Waals surface area contributed by atoms with Gasteiger partial charge in [0, 0.05) is 23.8 Å². The fourth-order valence-corrected chi connectivity index (χ4v) is 2.49. The molecule has 0 spiro atoms. The highest BCUT2D eigenvalue weighted by Gasteiger charge is 2.28. The Morgan fingerprint density at radius 1 is 1.30 bits per heavy atom. The van der Waals surface area contributed by atoms with E-state index in [0.717, 1.165) is 5.56 Å². The predicted molar refractivity (Wildman–Crippen MR) is 78.3 cm³/mol. The highest BCUT2D eigenvalue weighted by atomic mass is 35.5. The number of aromatic nitrogens is 2. The lowest BCUT2D eigenvalue weighted by molar-refractivity contribution is -0.116. The molecule has 0 N–H and O–H groups in total. The Morgan fingerprint density at radius 2 is 2.10 bits per heavy atom. The summed E-state index contributed by atoms with van der Waals surface area (Å²) in [6.45, 7) is 0. The number of benzene rings is 1. The second-order valence-corrected chi connectivity index (χ2v) is 5.27. The summed E-state index contributed by atoms with van der Waals surface area (Å²) < 4.78 is 1.67. The molecular formula is C13H10Cl2N4O. The lowest BCUT2D eigenvalue weighted by Gasteiger charge is -2.13. The van der Waals surface area contributed by atoms with Crippen LogP contribution in [0, 0.1) is 0 Å². The highest BCUT2D eigenvalue weighted by Crippen LogP contribution is 2.31. The molecule has 1 amide bonds. The molecule has 7 heteroatoms. The number of carbonyl (C=O) groups excluding carboxylic acids is 1. The maximum Gasteiger partial charge on any atom is 0.253 e. The molecule has 0 bridgehead atoms. The van der Waals surface area contributed by atoms with Gasteiger partial charge in [-0.15, -0.1) is 0 Å². The number of halogens is 2. The van der Waals surface area contributed by atoms with Gasteiger partial charge in [-0.05, 0) is 18.2 Å². The summed E-state index contributed by atoms with van der Waals surface area (Å²) in [5.74, 6) is -0.131. The third-order valence-electron chi connectivity index (χ3n) is 2.95. The van der Waals surface area contributed by atoms with Gasteiger partial charge in [0.25, 0.3) is 5.91 Å². The minimum absolute atomic E-state index is 0.131. The van der Waals surface area contributed by atoms with Gasteiger partial charge in [0.15, 0.2) is 0 Å². The molecule has 1 aliphatic heterocycles. The molecule has 2 aromatic rings. The highest BCUT2D eigenvalue weighted by molar-refractivity contribution is 6.37. The van der Waals surface area contributed by atoms with Crippen molar-refractivity contribution in [2.45, 2.75) is 6.42 Å². The smallest absolute Gasteiger partial charge is 0.253 e. The first kappa shape index (κ1) is 13.1. The van der Waals surface area contributed by atoms with Crippen molar-refractivity contribution >= 4 is 40.5 Å². The maximum atomic E-state index is 12.1. The standard InChI is InChI=1S/C13H10Cl2N4O/c1-18-7-8(6-16-18)11-5-13(20)19(17-11)12-3-2-9(14)4-10(12)15/h2-4,6-7H,5H2,1H3. The van der Waals surface area contributed by atoms with E-state index in [2.05, 4.69) is 10.2 Å². The molecular weight excluding hydrogens is 299 g/mol. The first-order chi connectivity index (χ1) is 9.54. The van der Waals surface area contributed by atoms with Crippen LogP contribution in [0.1, 0.15) is 12.0 Å². The zero-order valence-corrected chi connectivity index (χ0v) is 12.1. The molecule has 0 unspecified atom stereocenters. The van der Waals surface area contributed by atoms with E-state index < -0.39 is 0 Å². The molecule has 5 nitrogen and oxygen atoms in total. The van der Waals surface area contributed by atoms with Crippen molar-refractivity contribution in [2.24, 2.45) is 12.1 Å². The Bertz CT molecular complexity index is 723. The van der Waals surface area contributed by atoms with Gasteiger partial charge < -0.3 is 0 Å². The van der Waals surface area contributed by atoms with Gasteiger partial charge in [-0.3, -0.25) is 9.48 Å². The largest absolute Gasteiger partial charge is 0.275 e. The van der Waals surface area contributed by atoms with Crippen LogP contribution in [0.15, 0.2) is 35.7 Å². The first-order valence-corrected chi connectivity index (χ1v) is 6.64. The van der Waals surface area contributed by atoms with Gasteiger partial charge in [-0.2, -0.15) is 15.2 Å².